The Morgan fingerprint density at radius 1 is 1.41 bits per heavy atom. The van der Waals surface area contributed by atoms with Crippen molar-refractivity contribution in [2.75, 3.05) is 26.0 Å². The van der Waals surface area contributed by atoms with E-state index in [2.05, 4.69) is 35.1 Å². The summed E-state index contributed by atoms with van der Waals surface area (Å²) < 4.78 is 0. The van der Waals surface area contributed by atoms with Crippen LogP contribution in [-0.4, -0.2) is 36.1 Å². The first-order chi connectivity index (χ1) is 7.86. The Morgan fingerprint density at radius 2 is 2.06 bits per heavy atom. The second-order valence-corrected chi connectivity index (χ2v) is 5.02. The Hall–Kier alpha value is -1.60. The molecule has 1 N–H and O–H groups in total. The first-order valence-corrected chi connectivity index (χ1v) is 5.66. The lowest BCUT2D eigenvalue weighted by Crippen LogP contribution is -2.44. The van der Waals surface area contributed by atoms with Crippen molar-refractivity contribution < 1.29 is 0 Å². The SMILES string of the molecule is Cc1ccc(C#N)c(NCC(C)(C)N(C)C)n1. The zero-order chi connectivity index (χ0) is 13.1. The summed E-state index contributed by atoms with van der Waals surface area (Å²) in [4.78, 5) is 6.49. The van der Waals surface area contributed by atoms with Crippen molar-refractivity contribution in [2.24, 2.45) is 0 Å². The summed E-state index contributed by atoms with van der Waals surface area (Å²) in [5, 5.41) is 12.3. The van der Waals surface area contributed by atoms with E-state index in [9.17, 15) is 0 Å². The number of hydrogen-bond donors (Lipinski definition) is 1. The lowest BCUT2D eigenvalue weighted by molar-refractivity contribution is 0.210. The number of likely N-dealkylation sites (N-methyl/N-ethyl adjacent to an activating group) is 1. The Morgan fingerprint density at radius 3 is 2.59 bits per heavy atom. The fourth-order valence-electron chi connectivity index (χ4n) is 1.24. The van der Waals surface area contributed by atoms with Crippen LogP contribution in [-0.2, 0) is 0 Å². The number of aryl methyl sites for hydroxylation is 1. The molecule has 0 aliphatic carbocycles. The third-order valence-electron chi connectivity index (χ3n) is 3.05. The van der Waals surface area contributed by atoms with E-state index in [0.29, 0.717) is 11.4 Å². The minimum Gasteiger partial charge on any atom is -0.367 e. The van der Waals surface area contributed by atoms with Crippen molar-refractivity contribution in [3.63, 3.8) is 0 Å². The van der Waals surface area contributed by atoms with Gasteiger partial charge in [0.15, 0.2) is 0 Å². The van der Waals surface area contributed by atoms with Crippen molar-refractivity contribution in [3.05, 3.63) is 23.4 Å². The van der Waals surface area contributed by atoms with Gasteiger partial charge in [-0.2, -0.15) is 5.26 Å². The van der Waals surface area contributed by atoms with Gasteiger partial charge in [-0.25, -0.2) is 4.98 Å². The molecule has 0 amide bonds. The maximum Gasteiger partial charge on any atom is 0.144 e. The lowest BCUT2D eigenvalue weighted by atomic mass is 10.0. The summed E-state index contributed by atoms with van der Waals surface area (Å²) in [6.45, 7) is 6.94. The van der Waals surface area contributed by atoms with Gasteiger partial charge < -0.3 is 10.2 Å². The molecule has 17 heavy (non-hydrogen) atoms. The highest BCUT2D eigenvalue weighted by Crippen LogP contribution is 2.15. The molecule has 0 aliphatic heterocycles. The van der Waals surface area contributed by atoms with E-state index in [1.54, 1.807) is 6.07 Å². The van der Waals surface area contributed by atoms with Gasteiger partial charge in [0.25, 0.3) is 0 Å². The maximum atomic E-state index is 9.01. The molecule has 0 atom stereocenters. The van der Waals surface area contributed by atoms with Crippen LogP contribution < -0.4 is 5.32 Å². The van der Waals surface area contributed by atoms with Gasteiger partial charge in [-0.15, -0.1) is 0 Å². The highest BCUT2D eigenvalue weighted by molar-refractivity contribution is 5.52. The Kier molecular flexibility index (Phi) is 4.08. The van der Waals surface area contributed by atoms with Crippen LogP contribution in [0.1, 0.15) is 25.1 Å². The summed E-state index contributed by atoms with van der Waals surface area (Å²) in [5.41, 5.74) is 1.51. The lowest BCUT2D eigenvalue weighted by Gasteiger charge is -2.32. The van der Waals surface area contributed by atoms with E-state index in [-0.39, 0.29) is 5.54 Å². The van der Waals surface area contributed by atoms with Crippen LogP contribution in [0.15, 0.2) is 12.1 Å². The Balaban J connectivity index is 2.83. The molecule has 92 valence electrons. The maximum absolute atomic E-state index is 9.01. The highest BCUT2D eigenvalue weighted by atomic mass is 15.2. The van der Waals surface area contributed by atoms with Gasteiger partial charge in [0, 0.05) is 17.8 Å². The second-order valence-electron chi connectivity index (χ2n) is 5.02. The number of anilines is 1. The molecule has 0 spiro atoms. The predicted molar refractivity (Wildman–Crippen MR) is 69.9 cm³/mol. The van der Waals surface area contributed by atoms with Crippen LogP contribution in [0, 0.1) is 18.3 Å². The molecular weight excluding hydrogens is 212 g/mol. The molecule has 1 aromatic rings. The van der Waals surface area contributed by atoms with Gasteiger partial charge in [0.05, 0.1) is 5.56 Å². The summed E-state index contributed by atoms with van der Waals surface area (Å²) >= 11 is 0. The molecule has 0 fully saturated rings. The summed E-state index contributed by atoms with van der Waals surface area (Å²) in [6, 6.07) is 5.80. The van der Waals surface area contributed by atoms with Crippen LogP contribution in [0.25, 0.3) is 0 Å². The third-order valence-corrected chi connectivity index (χ3v) is 3.05. The van der Waals surface area contributed by atoms with Crippen LogP contribution >= 0.6 is 0 Å². The molecular formula is C13H20N4. The summed E-state index contributed by atoms with van der Waals surface area (Å²) in [5.74, 6) is 0.669. The fraction of sp³-hybridized carbons (Fsp3) is 0.538. The molecule has 4 heteroatoms. The van der Waals surface area contributed by atoms with Gasteiger partial charge in [-0.05, 0) is 47.0 Å². The molecule has 0 radical (unpaired) electrons. The van der Waals surface area contributed by atoms with Crippen LogP contribution in [0.4, 0.5) is 5.82 Å². The molecule has 0 aliphatic rings. The van der Waals surface area contributed by atoms with Crippen molar-refractivity contribution in [1.29, 1.82) is 5.26 Å². The number of nitrogens with one attached hydrogen (secondary N) is 1. The topological polar surface area (TPSA) is 52.0 Å². The Labute approximate surface area is 103 Å². The minimum absolute atomic E-state index is 0.0121. The largest absolute Gasteiger partial charge is 0.367 e. The van der Waals surface area contributed by atoms with Gasteiger partial charge in [0.2, 0.25) is 0 Å². The molecule has 0 unspecified atom stereocenters. The van der Waals surface area contributed by atoms with Gasteiger partial charge >= 0.3 is 0 Å². The van der Waals surface area contributed by atoms with Gasteiger partial charge in [-0.1, -0.05) is 0 Å². The van der Waals surface area contributed by atoms with Crippen LogP contribution in [0.3, 0.4) is 0 Å². The van der Waals surface area contributed by atoms with Crippen molar-refractivity contribution >= 4 is 5.82 Å². The molecule has 0 saturated heterocycles. The number of nitriles is 1. The number of nitrogens with zero attached hydrogens (tertiary/aromatic N) is 3. The Bertz CT molecular complexity index is 430. The molecule has 1 aromatic heterocycles. The predicted octanol–water partition coefficient (Wildman–Crippen LogP) is 2.01. The number of pyridine rings is 1. The van der Waals surface area contributed by atoms with E-state index < -0.39 is 0 Å². The molecule has 1 heterocycles. The zero-order valence-corrected chi connectivity index (χ0v) is 11.2. The van der Waals surface area contributed by atoms with Gasteiger partial charge in [-0.3, -0.25) is 0 Å². The zero-order valence-electron chi connectivity index (χ0n) is 11.2. The average molecular weight is 232 g/mol. The highest BCUT2D eigenvalue weighted by Gasteiger charge is 2.20. The quantitative estimate of drug-likeness (QED) is 0.863. The molecule has 0 saturated carbocycles. The first kappa shape index (κ1) is 13.5. The van der Waals surface area contributed by atoms with Crippen molar-refractivity contribution in [3.8, 4) is 6.07 Å². The van der Waals surface area contributed by atoms with Gasteiger partial charge in [0.1, 0.15) is 11.9 Å². The normalized spacial score (nSPS) is 11.4. The van der Waals surface area contributed by atoms with Crippen molar-refractivity contribution in [2.45, 2.75) is 26.3 Å². The third kappa shape index (κ3) is 3.43. The fourth-order valence-corrected chi connectivity index (χ4v) is 1.24. The second kappa shape index (κ2) is 5.15. The standard InChI is InChI=1S/C13H20N4/c1-10-6-7-11(8-14)12(16-10)15-9-13(2,3)17(4)5/h6-7H,9H2,1-5H3,(H,15,16). The van der Waals surface area contributed by atoms with Crippen LogP contribution in [0.5, 0.6) is 0 Å². The molecule has 1 rings (SSSR count). The molecule has 0 bridgehead atoms. The molecule has 4 nitrogen and oxygen atoms in total. The number of rotatable bonds is 4. The minimum atomic E-state index is 0.0121. The summed E-state index contributed by atoms with van der Waals surface area (Å²) in [7, 11) is 4.08. The average Bonchev–Trinajstić information content (AvgIpc) is 2.26. The molecule has 0 aromatic carbocycles. The number of aromatic nitrogens is 1. The monoisotopic (exact) mass is 232 g/mol. The van der Waals surface area contributed by atoms with Crippen LogP contribution in [0.2, 0.25) is 0 Å². The van der Waals surface area contributed by atoms with E-state index in [1.165, 1.54) is 0 Å². The van der Waals surface area contributed by atoms with E-state index in [0.717, 1.165) is 12.2 Å². The van der Waals surface area contributed by atoms with E-state index in [4.69, 9.17) is 5.26 Å². The first-order valence-electron chi connectivity index (χ1n) is 5.66. The van der Waals surface area contributed by atoms with E-state index >= 15 is 0 Å². The smallest absolute Gasteiger partial charge is 0.144 e. The number of hydrogen-bond acceptors (Lipinski definition) is 4. The van der Waals surface area contributed by atoms with E-state index in [1.807, 2.05) is 27.1 Å². The van der Waals surface area contributed by atoms with Crippen molar-refractivity contribution in [1.82, 2.24) is 9.88 Å². The summed E-state index contributed by atoms with van der Waals surface area (Å²) in [6.07, 6.45) is 0.